The molecule has 1 heterocycles. The molecule has 1 aromatic carbocycles. The highest BCUT2D eigenvalue weighted by molar-refractivity contribution is 5.79. The number of nitrogens with zero attached hydrogens (tertiary/aromatic N) is 2. The van der Waals surface area contributed by atoms with Crippen LogP contribution in [-0.2, 0) is 12.7 Å². The summed E-state index contributed by atoms with van der Waals surface area (Å²) in [5, 5.41) is 0. The van der Waals surface area contributed by atoms with E-state index in [0.29, 0.717) is 23.3 Å². The highest BCUT2D eigenvalue weighted by atomic mass is 19.4. The van der Waals surface area contributed by atoms with Crippen LogP contribution in [0.2, 0.25) is 0 Å². The molecule has 21 heavy (non-hydrogen) atoms. The highest BCUT2D eigenvalue weighted by Crippen LogP contribution is 2.52. The monoisotopic (exact) mass is 297 g/mol. The zero-order valence-electron chi connectivity index (χ0n) is 11.9. The van der Waals surface area contributed by atoms with Gasteiger partial charge in [0, 0.05) is 12.2 Å². The Hall–Kier alpha value is -1.72. The number of benzene rings is 1. The van der Waals surface area contributed by atoms with Gasteiger partial charge in [-0.2, -0.15) is 13.2 Å². The van der Waals surface area contributed by atoms with E-state index in [-0.39, 0.29) is 5.41 Å². The van der Waals surface area contributed by atoms with Gasteiger partial charge in [0.1, 0.15) is 0 Å². The summed E-state index contributed by atoms with van der Waals surface area (Å²) in [5.74, 6) is -0.814. The molecule has 1 fully saturated rings. The van der Waals surface area contributed by atoms with Gasteiger partial charge in [-0.25, -0.2) is 4.98 Å². The van der Waals surface area contributed by atoms with Crippen LogP contribution in [-0.4, -0.2) is 9.55 Å². The van der Waals surface area contributed by atoms with Crippen LogP contribution in [0.25, 0.3) is 11.0 Å². The molecule has 0 bridgehead atoms. The van der Waals surface area contributed by atoms with Gasteiger partial charge in [0.05, 0.1) is 11.0 Å². The van der Waals surface area contributed by atoms with Crippen LogP contribution in [0, 0.1) is 5.41 Å². The minimum absolute atomic E-state index is 0.0176. The zero-order valence-corrected chi connectivity index (χ0v) is 11.9. The number of hydrogen-bond acceptors (Lipinski definition) is 2. The molecule has 1 saturated carbocycles. The molecule has 2 aromatic rings. The van der Waals surface area contributed by atoms with Crippen molar-refractivity contribution in [3.63, 3.8) is 0 Å². The van der Waals surface area contributed by atoms with E-state index in [4.69, 9.17) is 5.73 Å². The number of anilines is 1. The third kappa shape index (κ3) is 2.59. The summed E-state index contributed by atoms with van der Waals surface area (Å²) in [6.45, 7) is 2.45. The SMILES string of the molecule is CCCC1(Cn2c(C(F)(F)F)nc3cc(N)ccc32)CC1. The van der Waals surface area contributed by atoms with Gasteiger partial charge in [-0.3, -0.25) is 0 Å². The predicted octanol–water partition coefficient (Wildman–Crippen LogP) is 4.22. The Morgan fingerprint density at radius 2 is 2.05 bits per heavy atom. The van der Waals surface area contributed by atoms with Crippen LogP contribution < -0.4 is 5.73 Å². The van der Waals surface area contributed by atoms with Crippen molar-refractivity contribution in [1.29, 1.82) is 0 Å². The molecule has 1 aliphatic carbocycles. The number of hydrogen-bond donors (Lipinski definition) is 1. The van der Waals surface area contributed by atoms with E-state index in [0.717, 1.165) is 25.7 Å². The molecule has 3 rings (SSSR count). The second-order valence-corrected chi connectivity index (χ2v) is 6.02. The number of halogens is 3. The topological polar surface area (TPSA) is 43.8 Å². The van der Waals surface area contributed by atoms with Crippen LogP contribution in [0.3, 0.4) is 0 Å². The Morgan fingerprint density at radius 3 is 2.62 bits per heavy atom. The van der Waals surface area contributed by atoms with Crippen molar-refractivity contribution < 1.29 is 13.2 Å². The zero-order chi connectivity index (χ0) is 15.3. The number of nitrogen functional groups attached to an aromatic ring is 1. The lowest BCUT2D eigenvalue weighted by Crippen LogP contribution is -2.19. The summed E-state index contributed by atoms with van der Waals surface area (Å²) in [6, 6.07) is 4.76. The van der Waals surface area contributed by atoms with Crippen molar-refractivity contribution >= 4 is 16.7 Å². The number of imidazole rings is 1. The van der Waals surface area contributed by atoms with Crippen LogP contribution in [0.5, 0.6) is 0 Å². The van der Waals surface area contributed by atoms with Gasteiger partial charge in [0.25, 0.3) is 0 Å². The molecular formula is C15H18F3N3. The third-order valence-corrected chi connectivity index (χ3v) is 4.26. The quantitative estimate of drug-likeness (QED) is 0.859. The van der Waals surface area contributed by atoms with Gasteiger partial charge in [0.15, 0.2) is 0 Å². The first-order chi connectivity index (χ1) is 9.85. The maximum atomic E-state index is 13.3. The first-order valence-corrected chi connectivity index (χ1v) is 7.18. The first-order valence-electron chi connectivity index (χ1n) is 7.18. The minimum atomic E-state index is -4.45. The van der Waals surface area contributed by atoms with Crippen LogP contribution in [0.1, 0.15) is 38.4 Å². The number of rotatable bonds is 4. The maximum Gasteiger partial charge on any atom is 0.449 e. The number of aromatic nitrogens is 2. The fourth-order valence-corrected chi connectivity index (χ4v) is 3.05. The van der Waals surface area contributed by atoms with E-state index < -0.39 is 12.0 Å². The van der Waals surface area contributed by atoms with E-state index in [1.165, 1.54) is 10.6 Å². The van der Waals surface area contributed by atoms with E-state index >= 15 is 0 Å². The summed E-state index contributed by atoms with van der Waals surface area (Å²) in [7, 11) is 0. The standard InChI is InChI=1S/C15H18F3N3/c1-2-5-14(6-7-14)9-21-12-4-3-10(19)8-11(12)20-13(21)15(16,17)18/h3-4,8H,2,5-7,9,19H2,1H3. The highest BCUT2D eigenvalue weighted by Gasteiger charge is 2.45. The summed E-state index contributed by atoms with van der Waals surface area (Å²) in [5.41, 5.74) is 6.92. The molecule has 0 radical (unpaired) electrons. The minimum Gasteiger partial charge on any atom is -0.399 e. The summed E-state index contributed by atoms with van der Waals surface area (Å²) < 4.78 is 41.1. The molecule has 114 valence electrons. The Morgan fingerprint density at radius 1 is 1.33 bits per heavy atom. The fourth-order valence-electron chi connectivity index (χ4n) is 3.05. The molecule has 0 unspecified atom stereocenters. The molecule has 1 aromatic heterocycles. The van der Waals surface area contributed by atoms with E-state index in [1.54, 1.807) is 12.1 Å². The van der Waals surface area contributed by atoms with Gasteiger partial charge in [-0.05, 0) is 42.9 Å². The van der Waals surface area contributed by atoms with Crippen molar-refractivity contribution in [2.75, 3.05) is 5.73 Å². The molecule has 1 aliphatic rings. The van der Waals surface area contributed by atoms with Gasteiger partial charge < -0.3 is 10.3 Å². The van der Waals surface area contributed by atoms with E-state index in [2.05, 4.69) is 11.9 Å². The van der Waals surface area contributed by atoms with Crippen LogP contribution in [0.15, 0.2) is 18.2 Å². The van der Waals surface area contributed by atoms with Gasteiger partial charge in [-0.15, -0.1) is 0 Å². The smallest absolute Gasteiger partial charge is 0.399 e. The lowest BCUT2D eigenvalue weighted by atomic mass is 10.0. The Labute approximate surface area is 121 Å². The summed E-state index contributed by atoms with van der Waals surface area (Å²) >= 11 is 0. The largest absolute Gasteiger partial charge is 0.449 e. The molecule has 0 aliphatic heterocycles. The maximum absolute atomic E-state index is 13.3. The second-order valence-electron chi connectivity index (χ2n) is 6.02. The van der Waals surface area contributed by atoms with Crippen LogP contribution in [0.4, 0.5) is 18.9 Å². The average Bonchev–Trinajstić information content (AvgIpc) is 3.03. The summed E-state index contributed by atoms with van der Waals surface area (Å²) in [4.78, 5) is 3.77. The summed E-state index contributed by atoms with van der Waals surface area (Å²) in [6.07, 6.45) is -0.518. The molecular weight excluding hydrogens is 279 g/mol. The van der Waals surface area contributed by atoms with E-state index in [9.17, 15) is 13.2 Å². The molecule has 6 heteroatoms. The Balaban J connectivity index is 2.10. The molecule has 3 nitrogen and oxygen atoms in total. The number of nitrogens with two attached hydrogens (primary N) is 1. The fraction of sp³-hybridized carbons (Fsp3) is 0.533. The molecule has 0 saturated heterocycles. The molecule has 2 N–H and O–H groups in total. The van der Waals surface area contributed by atoms with Crippen molar-refractivity contribution in [3.8, 4) is 0 Å². The molecule has 0 amide bonds. The van der Waals surface area contributed by atoms with Crippen molar-refractivity contribution in [2.45, 2.75) is 45.3 Å². The predicted molar refractivity (Wildman–Crippen MR) is 75.7 cm³/mol. The first kappa shape index (κ1) is 14.2. The van der Waals surface area contributed by atoms with Crippen molar-refractivity contribution in [3.05, 3.63) is 24.0 Å². The molecule has 0 spiro atoms. The van der Waals surface area contributed by atoms with Crippen LogP contribution >= 0.6 is 0 Å². The van der Waals surface area contributed by atoms with Crippen molar-refractivity contribution in [2.24, 2.45) is 5.41 Å². The lowest BCUT2D eigenvalue weighted by molar-refractivity contribution is -0.147. The number of fused-ring (bicyclic) bond motifs is 1. The second kappa shape index (κ2) is 4.64. The van der Waals surface area contributed by atoms with E-state index in [1.807, 2.05) is 0 Å². The van der Waals surface area contributed by atoms with Gasteiger partial charge in [-0.1, -0.05) is 13.3 Å². The van der Waals surface area contributed by atoms with Gasteiger partial charge >= 0.3 is 6.18 Å². The average molecular weight is 297 g/mol. The Bertz CT molecular complexity index is 669. The normalized spacial score (nSPS) is 17.3. The third-order valence-electron chi connectivity index (χ3n) is 4.26. The lowest BCUT2D eigenvalue weighted by Gasteiger charge is -2.18. The number of alkyl halides is 3. The van der Waals surface area contributed by atoms with Gasteiger partial charge in [0.2, 0.25) is 5.82 Å². The van der Waals surface area contributed by atoms with Crippen molar-refractivity contribution in [1.82, 2.24) is 9.55 Å². The Kier molecular flexibility index (Phi) is 3.15. The molecule has 0 atom stereocenters.